The van der Waals surface area contributed by atoms with Crippen LogP contribution in [0.1, 0.15) is 29.9 Å². The zero-order valence-electron chi connectivity index (χ0n) is 11.3. The highest BCUT2D eigenvalue weighted by atomic mass is 16.5. The number of methoxy groups -OCH3 is 1. The number of esters is 1. The third kappa shape index (κ3) is 3.43. The Balaban J connectivity index is 2.00. The first-order chi connectivity index (χ1) is 9.60. The fourth-order valence-electron chi connectivity index (χ4n) is 2.33. The highest BCUT2D eigenvalue weighted by molar-refractivity contribution is 5.85. The molecule has 0 aliphatic carbocycles. The van der Waals surface area contributed by atoms with Gasteiger partial charge in [0.15, 0.2) is 0 Å². The Labute approximate surface area is 116 Å². The van der Waals surface area contributed by atoms with Gasteiger partial charge in [-0.3, -0.25) is 4.79 Å². The molecule has 1 fully saturated rings. The number of anilines is 1. The number of rotatable bonds is 4. The number of ether oxygens (including phenoxy) is 1. The van der Waals surface area contributed by atoms with E-state index in [0.29, 0.717) is 5.82 Å². The number of aliphatic carboxylic acids is 1. The van der Waals surface area contributed by atoms with Crippen molar-refractivity contribution >= 4 is 17.8 Å². The summed E-state index contributed by atoms with van der Waals surface area (Å²) in [5.41, 5.74) is 0. The molecule has 0 amide bonds. The molecular formula is C13H17N3O4. The van der Waals surface area contributed by atoms with E-state index in [9.17, 15) is 9.59 Å². The largest absolute Gasteiger partial charge is 0.481 e. The Morgan fingerprint density at radius 1 is 1.45 bits per heavy atom. The summed E-state index contributed by atoms with van der Waals surface area (Å²) < 4.78 is 4.59. The van der Waals surface area contributed by atoms with Crippen molar-refractivity contribution in [3.05, 3.63) is 18.1 Å². The van der Waals surface area contributed by atoms with Gasteiger partial charge in [-0.05, 0) is 24.8 Å². The van der Waals surface area contributed by atoms with E-state index < -0.39 is 11.9 Å². The molecule has 0 aromatic carbocycles. The number of piperidine rings is 1. The van der Waals surface area contributed by atoms with Crippen molar-refractivity contribution in [1.82, 2.24) is 9.97 Å². The molecule has 7 nitrogen and oxygen atoms in total. The number of carbonyl (C=O) groups is 2. The van der Waals surface area contributed by atoms with E-state index in [1.165, 1.54) is 13.3 Å². The molecule has 0 radical (unpaired) electrons. The van der Waals surface area contributed by atoms with Crippen LogP contribution in [0.15, 0.2) is 12.3 Å². The number of carbonyl (C=O) groups excluding carboxylic acids is 1. The van der Waals surface area contributed by atoms with Crippen molar-refractivity contribution in [2.24, 2.45) is 5.92 Å². The molecule has 20 heavy (non-hydrogen) atoms. The molecular weight excluding hydrogens is 262 g/mol. The Bertz CT molecular complexity index is 498. The van der Waals surface area contributed by atoms with E-state index in [0.717, 1.165) is 25.9 Å². The first kappa shape index (κ1) is 14.2. The zero-order valence-corrected chi connectivity index (χ0v) is 11.3. The minimum Gasteiger partial charge on any atom is -0.481 e. The molecule has 2 heterocycles. The quantitative estimate of drug-likeness (QED) is 0.820. The zero-order chi connectivity index (χ0) is 14.5. The third-order valence-electron chi connectivity index (χ3n) is 3.41. The van der Waals surface area contributed by atoms with Crippen LogP contribution in [-0.4, -0.2) is 47.2 Å². The molecule has 1 aliphatic rings. The van der Waals surface area contributed by atoms with Gasteiger partial charge in [-0.1, -0.05) is 0 Å². The number of nitrogens with zero attached hydrogens (tertiary/aromatic N) is 3. The van der Waals surface area contributed by atoms with Crippen molar-refractivity contribution in [2.75, 3.05) is 25.1 Å². The minimum absolute atomic E-state index is 0.0395. The van der Waals surface area contributed by atoms with Crippen LogP contribution in [0.3, 0.4) is 0 Å². The second-order valence-electron chi connectivity index (χ2n) is 4.76. The predicted molar refractivity (Wildman–Crippen MR) is 70.6 cm³/mol. The lowest BCUT2D eigenvalue weighted by Gasteiger charge is -2.32. The third-order valence-corrected chi connectivity index (χ3v) is 3.41. The lowest BCUT2D eigenvalue weighted by molar-refractivity contribution is -0.138. The van der Waals surface area contributed by atoms with E-state index in [1.807, 2.05) is 4.90 Å². The highest BCUT2D eigenvalue weighted by Crippen LogP contribution is 2.23. The average Bonchev–Trinajstić information content (AvgIpc) is 2.47. The number of aromatic nitrogens is 2. The van der Waals surface area contributed by atoms with Crippen LogP contribution in [-0.2, 0) is 9.53 Å². The molecule has 1 saturated heterocycles. The van der Waals surface area contributed by atoms with Gasteiger partial charge in [0, 0.05) is 25.7 Å². The molecule has 0 bridgehead atoms. The fraction of sp³-hybridized carbons (Fsp3) is 0.538. The second kappa shape index (κ2) is 6.31. The molecule has 0 spiro atoms. The molecule has 1 N–H and O–H groups in total. The van der Waals surface area contributed by atoms with Gasteiger partial charge in [-0.15, -0.1) is 0 Å². The Kier molecular flexibility index (Phi) is 4.49. The van der Waals surface area contributed by atoms with E-state index in [4.69, 9.17) is 5.11 Å². The Morgan fingerprint density at radius 2 is 2.15 bits per heavy atom. The normalized spacial score (nSPS) is 15.9. The van der Waals surface area contributed by atoms with Crippen molar-refractivity contribution in [2.45, 2.75) is 19.3 Å². The standard InChI is InChI=1S/C13H17N3O4/c1-20-13(19)12-14-5-2-10(15-12)16-6-3-9(4-7-16)8-11(17)18/h2,5,9H,3-4,6-8H2,1H3,(H,17,18). The smallest absolute Gasteiger partial charge is 0.376 e. The number of carboxylic acid groups (broad SMARTS) is 1. The lowest BCUT2D eigenvalue weighted by Crippen LogP contribution is -2.35. The summed E-state index contributed by atoms with van der Waals surface area (Å²) in [5, 5.41) is 8.79. The van der Waals surface area contributed by atoms with Crippen LogP contribution in [0, 0.1) is 5.92 Å². The van der Waals surface area contributed by atoms with E-state index in [-0.39, 0.29) is 18.2 Å². The Morgan fingerprint density at radius 3 is 2.75 bits per heavy atom. The lowest BCUT2D eigenvalue weighted by atomic mass is 9.94. The SMILES string of the molecule is COC(=O)c1nccc(N2CCC(CC(=O)O)CC2)n1. The van der Waals surface area contributed by atoms with Gasteiger partial charge in [0.2, 0.25) is 5.82 Å². The maximum Gasteiger partial charge on any atom is 0.376 e. The fourth-order valence-corrected chi connectivity index (χ4v) is 2.33. The molecule has 1 aliphatic heterocycles. The topological polar surface area (TPSA) is 92.6 Å². The van der Waals surface area contributed by atoms with Gasteiger partial charge in [-0.25, -0.2) is 14.8 Å². The molecule has 2 rings (SSSR count). The summed E-state index contributed by atoms with van der Waals surface area (Å²) in [6.07, 6.45) is 3.36. The summed E-state index contributed by atoms with van der Waals surface area (Å²) in [5.74, 6) is -0.386. The van der Waals surface area contributed by atoms with Gasteiger partial charge in [0.05, 0.1) is 7.11 Å². The second-order valence-corrected chi connectivity index (χ2v) is 4.76. The van der Waals surface area contributed by atoms with Gasteiger partial charge in [-0.2, -0.15) is 0 Å². The van der Waals surface area contributed by atoms with Crippen LogP contribution < -0.4 is 4.90 Å². The Hall–Kier alpha value is -2.18. The van der Waals surface area contributed by atoms with Crippen molar-refractivity contribution in [1.29, 1.82) is 0 Å². The van der Waals surface area contributed by atoms with Crippen molar-refractivity contribution in [3.63, 3.8) is 0 Å². The first-order valence-electron chi connectivity index (χ1n) is 6.48. The summed E-state index contributed by atoms with van der Waals surface area (Å²) in [6, 6.07) is 1.74. The molecule has 1 aromatic heterocycles. The number of hydrogen-bond donors (Lipinski definition) is 1. The maximum atomic E-state index is 11.4. The number of hydrogen-bond acceptors (Lipinski definition) is 6. The maximum absolute atomic E-state index is 11.4. The summed E-state index contributed by atoms with van der Waals surface area (Å²) in [6.45, 7) is 1.46. The van der Waals surface area contributed by atoms with Crippen molar-refractivity contribution < 1.29 is 19.4 Å². The summed E-state index contributed by atoms with van der Waals surface area (Å²) >= 11 is 0. The van der Waals surface area contributed by atoms with Gasteiger partial charge >= 0.3 is 11.9 Å². The van der Waals surface area contributed by atoms with Gasteiger partial charge in [0.25, 0.3) is 0 Å². The summed E-state index contributed by atoms with van der Waals surface area (Å²) in [4.78, 5) is 32.2. The average molecular weight is 279 g/mol. The van der Waals surface area contributed by atoms with E-state index in [2.05, 4.69) is 14.7 Å². The van der Waals surface area contributed by atoms with E-state index in [1.54, 1.807) is 6.07 Å². The number of carboxylic acids is 1. The molecule has 108 valence electrons. The van der Waals surface area contributed by atoms with Crippen LogP contribution in [0.25, 0.3) is 0 Å². The van der Waals surface area contributed by atoms with Crippen molar-refractivity contribution in [3.8, 4) is 0 Å². The molecule has 0 unspecified atom stereocenters. The minimum atomic E-state index is -0.751. The van der Waals surface area contributed by atoms with Crippen LogP contribution >= 0.6 is 0 Å². The summed E-state index contributed by atoms with van der Waals surface area (Å²) in [7, 11) is 1.29. The van der Waals surface area contributed by atoms with Crippen LogP contribution in [0.4, 0.5) is 5.82 Å². The molecule has 0 saturated carbocycles. The molecule has 7 heteroatoms. The van der Waals surface area contributed by atoms with Crippen LogP contribution in [0.2, 0.25) is 0 Å². The van der Waals surface area contributed by atoms with E-state index >= 15 is 0 Å². The monoisotopic (exact) mass is 279 g/mol. The predicted octanol–water partition coefficient (Wildman–Crippen LogP) is 0.954. The van der Waals surface area contributed by atoms with Crippen LogP contribution in [0.5, 0.6) is 0 Å². The highest BCUT2D eigenvalue weighted by Gasteiger charge is 2.22. The van der Waals surface area contributed by atoms with Gasteiger partial charge in [0.1, 0.15) is 5.82 Å². The first-order valence-corrected chi connectivity index (χ1v) is 6.48. The molecule has 0 atom stereocenters. The molecule has 1 aromatic rings. The van der Waals surface area contributed by atoms with Gasteiger partial charge < -0.3 is 14.7 Å².